The van der Waals surface area contributed by atoms with Crippen molar-refractivity contribution in [2.45, 2.75) is 96.9 Å². The molecular formula is C26H40O5. The van der Waals surface area contributed by atoms with Crippen molar-refractivity contribution in [2.75, 3.05) is 6.61 Å². The number of ether oxygens (including phenoxy) is 2. The summed E-state index contributed by atoms with van der Waals surface area (Å²) in [5, 5.41) is 19.7. The van der Waals surface area contributed by atoms with Gasteiger partial charge in [-0.1, -0.05) is 45.7 Å². The number of carbonyl (C=O) groups is 1. The molecule has 1 unspecified atom stereocenters. The Morgan fingerprint density at radius 1 is 1.26 bits per heavy atom. The lowest BCUT2D eigenvalue weighted by Gasteiger charge is -2.33. The topological polar surface area (TPSA) is 76.0 Å². The van der Waals surface area contributed by atoms with Gasteiger partial charge in [-0.05, 0) is 73.5 Å². The average molecular weight is 433 g/mol. The molecule has 1 aromatic rings. The van der Waals surface area contributed by atoms with Gasteiger partial charge in [0, 0.05) is 0 Å². The maximum atomic E-state index is 10.9. The van der Waals surface area contributed by atoms with Crippen LogP contribution < -0.4 is 4.74 Å². The van der Waals surface area contributed by atoms with Crippen LogP contribution in [0.25, 0.3) is 0 Å². The highest BCUT2D eigenvalue weighted by Crippen LogP contribution is 2.47. The van der Waals surface area contributed by atoms with E-state index in [-0.39, 0.29) is 24.5 Å². The standard InChI is InChI=1S/C26H40O5/c1-4-5-14-26(2,3)24(27)12-9-20-21(23-11-10-22(20)31-23)17-18-7-6-8-19(16-18)30-15-13-25(28)29/h6-8,16,20-24,27H,4-5,9-15,17H2,1-3H3,(H,28,29)/t20-,21-,22-,23+,24?/m0/s1. The van der Waals surface area contributed by atoms with Crippen LogP contribution in [0.5, 0.6) is 5.75 Å². The molecule has 0 radical (unpaired) electrons. The number of fused-ring (bicyclic) bond motifs is 2. The van der Waals surface area contributed by atoms with Crippen molar-refractivity contribution in [3.05, 3.63) is 29.8 Å². The third kappa shape index (κ3) is 6.45. The molecule has 2 N–H and O–H groups in total. The molecule has 5 atom stereocenters. The van der Waals surface area contributed by atoms with Crippen molar-refractivity contribution in [1.29, 1.82) is 0 Å². The summed E-state index contributed by atoms with van der Waals surface area (Å²) in [6.45, 7) is 6.77. The van der Waals surface area contributed by atoms with E-state index in [9.17, 15) is 9.90 Å². The minimum atomic E-state index is -0.849. The Morgan fingerprint density at radius 3 is 2.71 bits per heavy atom. The zero-order chi connectivity index (χ0) is 22.4. The Bertz CT molecular complexity index is 716. The Kier molecular flexibility index (Phi) is 8.40. The van der Waals surface area contributed by atoms with Crippen LogP contribution in [0.1, 0.15) is 77.7 Å². The van der Waals surface area contributed by atoms with Gasteiger partial charge < -0.3 is 19.7 Å². The number of unbranched alkanes of at least 4 members (excludes halogenated alkanes) is 1. The van der Waals surface area contributed by atoms with Crippen LogP contribution in [0.4, 0.5) is 0 Å². The zero-order valence-corrected chi connectivity index (χ0v) is 19.4. The number of aliphatic carboxylic acids is 1. The molecule has 2 heterocycles. The molecule has 2 saturated heterocycles. The van der Waals surface area contributed by atoms with Crippen molar-refractivity contribution in [3.63, 3.8) is 0 Å². The smallest absolute Gasteiger partial charge is 0.306 e. The van der Waals surface area contributed by atoms with Gasteiger partial charge in [0.2, 0.25) is 0 Å². The first-order valence-electron chi connectivity index (χ1n) is 12.1. The van der Waals surface area contributed by atoms with E-state index >= 15 is 0 Å². The molecule has 0 saturated carbocycles. The van der Waals surface area contributed by atoms with E-state index < -0.39 is 5.97 Å². The predicted octanol–water partition coefficient (Wildman–Crippen LogP) is 5.23. The van der Waals surface area contributed by atoms with E-state index in [4.69, 9.17) is 14.6 Å². The first-order chi connectivity index (χ1) is 14.8. The first kappa shape index (κ1) is 24.1. The van der Waals surface area contributed by atoms with Gasteiger partial charge in [-0.3, -0.25) is 4.79 Å². The molecule has 5 heteroatoms. The summed E-state index contributed by atoms with van der Waals surface area (Å²) in [5.74, 6) is 0.844. The summed E-state index contributed by atoms with van der Waals surface area (Å²) in [7, 11) is 0. The molecule has 2 bridgehead atoms. The number of aliphatic hydroxyl groups excluding tert-OH is 1. The molecule has 0 spiro atoms. The van der Waals surface area contributed by atoms with Gasteiger partial charge in [0.1, 0.15) is 5.75 Å². The van der Waals surface area contributed by atoms with Crippen LogP contribution in [0, 0.1) is 17.3 Å². The molecule has 0 aliphatic carbocycles. The lowest BCUT2D eigenvalue weighted by molar-refractivity contribution is -0.137. The van der Waals surface area contributed by atoms with Gasteiger partial charge >= 0.3 is 5.97 Å². The molecule has 2 aliphatic rings. The van der Waals surface area contributed by atoms with E-state index in [1.165, 1.54) is 5.56 Å². The number of carboxylic acids is 1. The number of rotatable bonds is 13. The summed E-state index contributed by atoms with van der Waals surface area (Å²) in [5.41, 5.74) is 1.17. The Balaban J connectivity index is 1.58. The molecule has 0 amide bonds. The second-order valence-electron chi connectivity index (χ2n) is 10.1. The largest absolute Gasteiger partial charge is 0.493 e. The van der Waals surface area contributed by atoms with Crippen LogP contribution in [-0.2, 0) is 16.0 Å². The maximum absolute atomic E-state index is 10.9. The Labute approximate surface area is 187 Å². The van der Waals surface area contributed by atoms with Crippen LogP contribution >= 0.6 is 0 Å². The minimum absolute atomic E-state index is 0.00342. The van der Waals surface area contributed by atoms with Crippen LogP contribution in [0.15, 0.2) is 24.3 Å². The summed E-state index contributed by atoms with van der Waals surface area (Å²) in [6, 6.07) is 8.02. The molecular weight excluding hydrogens is 392 g/mol. The van der Waals surface area contributed by atoms with E-state index in [1.807, 2.05) is 18.2 Å². The highest BCUT2D eigenvalue weighted by molar-refractivity contribution is 5.66. The number of hydrogen-bond acceptors (Lipinski definition) is 4. The van der Waals surface area contributed by atoms with Gasteiger partial charge in [-0.15, -0.1) is 0 Å². The van der Waals surface area contributed by atoms with Crippen molar-refractivity contribution >= 4 is 5.97 Å². The van der Waals surface area contributed by atoms with Gasteiger partial charge in [0.15, 0.2) is 0 Å². The Hall–Kier alpha value is -1.59. The van der Waals surface area contributed by atoms with E-state index in [0.29, 0.717) is 24.0 Å². The summed E-state index contributed by atoms with van der Waals surface area (Å²) < 4.78 is 11.9. The van der Waals surface area contributed by atoms with E-state index in [2.05, 4.69) is 26.8 Å². The van der Waals surface area contributed by atoms with Crippen molar-refractivity contribution in [2.24, 2.45) is 17.3 Å². The van der Waals surface area contributed by atoms with Gasteiger partial charge in [0.25, 0.3) is 0 Å². The Morgan fingerprint density at radius 2 is 2.00 bits per heavy atom. The minimum Gasteiger partial charge on any atom is -0.493 e. The third-order valence-corrected chi connectivity index (χ3v) is 7.39. The molecule has 31 heavy (non-hydrogen) atoms. The van der Waals surface area contributed by atoms with Crippen LogP contribution in [0.3, 0.4) is 0 Å². The molecule has 2 fully saturated rings. The van der Waals surface area contributed by atoms with Crippen molar-refractivity contribution < 1.29 is 24.5 Å². The summed E-state index contributed by atoms with van der Waals surface area (Å²) in [4.78, 5) is 10.7. The lowest BCUT2D eigenvalue weighted by atomic mass is 9.72. The van der Waals surface area contributed by atoms with Gasteiger partial charge in [-0.25, -0.2) is 0 Å². The van der Waals surface area contributed by atoms with E-state index in [1.54, 1.807) is 0 Å². The fourth-order valence-electron chi connectivity index (χ4n) is 5.38. The number of aliphatic hydroxyl groups is 1. The van der Waals surface area contributed by atoms with Gasteiger partial charge in [0.05, 0.1) is 31.3 Å². The molecule has 174 valence electrons. The van der Waals surface area contributed by atoms with Crippen molar-refractivity contribution in [1.82, 2.24) is 0 Å². The predicted molar refractivity (Wildman–Crippen MR) is 121 cm³/mol. The normalized spacial score (nSPS) is 26.2. The quantitative estimate of drug-likeness (QED) is 0.446. The molecule has 2 aliphatic heterocycles. The highest BCUT2D eigenvalue weighted by Gasteiger charge is 2.48. The van der Waals surface area contributed by atoms with E-state index in [0.717, 1.165) is 57.1 Å². The van der Waals surface area contributed by atoms with Crippen molar-refractivity contribution in [3.8, 4) is 5.75 Å². The second kappa shape index (κ2) is 10.8. The lowest BCUT2D eigenvalue weighted by Crippen LogP contribution is -2.33. The number of hydrogen-bond donors (Lipinski definition) is 2. The zero-order valence-electron chi connectivity index (χ0n) is 19.4. The fourth-order valence-corrected chi connectivity index (χ4v) is 5.38. The SMILES string of the molecule is CCCCC(C)(C)C(O)CC[C@H]1[C@H](Cc2cccc(OCCC(=O)O)c2)[C@H]2CC[C@@H]1O2. The molecule has 3 rings (SSSR count). The summed E-state index contributed by atoms with van der Waals surface area (Å²) >= 11 is 0. The fraction of sp³-hybridized carbons (Fsp3) is 0.731. The third-order valence-electron chi connectivity index (χ3n) is 7.39. The average Bonchev–Trinajstić information content (AvgIpc) is 3.32. The first-order valence-corrected chi connectivity index (χ1v) is 12.1. The summed E-state index contributed by atoms with van der Waals surface area (Å²) in [6.07, 6.45) is 8.83. The molecule has 0 aromatic heterocycles. The molecule has 1 aromatic carbocycles. The number of benzene rings is 1. The number of carboxylic acid groups (broad SMARTS) is 1. The van der Waals surface area contributed by atoms with Crippen LogP contribution in [0.2, 0.25) is 0 Å². The van der Waals surface area contributed by atoms with Gasteiger partial charge in [-0.2, -0.15) is 0 Å². The van der Waals surface area contributed by atoms with Crippen LogP contribution in [-0.4, -0.2) is 41.1 Å². The monoisotopic (exact) mass is 432 g/mol. The maximum Gasteiger partial charge on any atom is 0.306 e. The highest BCUT2D eigenvalue weighted by atomic mass is 16.5. The molecule has 5 nitrogen and oxygen atoms in total. The second-order valence-corrected chi connectivity index (χ2v) is 10.1.